The van der Waals surface area contributed by atoms with E-state index in [1.165, 1.54) is 0 Å². The fourth-order valence-electron chi connectivity index (χ4n) is 1.41. The summed E-state index contributed by atoms with van der Waals surface area (Å²) in [6, 6.07) is 8.22. The number of aliphatic hydroxyl groups is 1. The molecule has 0 saturated carbocycles. The van der Waals surface area contributed by atoms with Gasteiger partial charge >= 0.3 is 6.18 Å². The molecule has 0 saturated heterocycles. The van der Waals surface area contributed by atoms with Gasteiger partial charge in [0.1, 0.15) is 5.01 Å². The van der Waals surface area contributed by atoms with E-state index in [1.54, 1.807) is 30.3 Å². The molecule has 0 aliphatic rings. The van der Waals surface area contributed by atoms with Crippen LogP contribution in [0.5, 0.6) is 0 Å². The van der Waals surface area contributed by atoms with Crippen LogP contribution in [0.15, 0.2) is 30.3 Å². The van der Waals surface area contributed by atoms with Crippen molar-refractivity contribution in [3.63, 3.8) is 0 Å². The summed E-state index contributed by atoms with van der Waals surface area (Å²) in [5, 5.41) is 8.93. The maximum atomic E-state index is 12.7. The summed E-state index contributed by atoms with van der Waals surface area (Å²) in [5.41, 5.74) is -0.477. The minimum atomic E-state index is -4.50. The van der Waals surface area contributed by atoms with Crippen molar-refractivity contribution in [2.24, 2.45) is 0 Å². The molecule has 1 N–H and O–H groups in total. The van der Waals surface area contributed by atoms with Gasteiger partial charge in [0.15, 0.2) is 5.69 Å². The van der Waals surface area contributed by atoms with Crippen LogP contribution in [0.3, 0.4) is 0 Å². The topological polar surface area (TPSA) is 33.1 Å². The predicted octanol–water partition coefficient (Wildman–Crippen LogP) is 3.32. The lowest BCUT2D eigenvalue weighted by molar-refractivity contribution is -0.140. The monoisotopic (exact) mass is 259 g/mol. The van der Waals surface area contributed by atoms with Crippen LogP contribution in [-0.2, 0) is 12.8 Å². The molecule has 0 aliphatic heterocycles. The summed E-state index contributed by atoms with van der Waals surface area (Å²) in [4.78, 5) is 3.46. The maximum Gasteiger partial charge on any atom is 0.434 e. The number of halogens is 3. The van der Waals surface area contributed by atoms with E-state index in [9.17, 15) is 13.2 Å². The molecule has 6 heteroatoms. The van der Waals surface area contributed by atoms with Crippen LogP contribution >= 0.6 is 11.3 Å². The minimum absolute atomic E-state index is 0.0437. The molecule has 0 fully saturated rings. The lowest BCUT2D eigenvalue weighted by Crippen LogP contribution is -2.07. The number of thiazole rings is 1. The third-order valence-electron chi connectivity index (χ3n) is 2.11. The van der Waals surface area contributed by atoms with Crippen molar-refractivity contribution in [3.8, 4) is 10.4 Å². The quantitative estimate of drug-likeness (QED) is 0.897. The Labute approximate surface area is 99.4 Å². The van der Waals surface area contributed by atoms with Gasteiger partial charge in [-0.2, -0.15) is 13.2 Å². The normalized spacial score (nSPS) is 11.8. The Morgan fingerprint density at radius 1 is 1.18 bits per heavy atom. The molecule has 0 radical (unpaired) electrons. The van der Waals surface area contributed by atoms with Gasteiger partial charge in [-0.1, -0.05) is 30.3 Å². The summed E-state index contributed by atoms with van der Waals surface area (Å²) in [6.07, 6.45) is -4.50. The SMILES string of the molecule is OCc1nc(C(F)(F)F)c(-c2ccccc2)s1. The molecule has 1 aromatic carbocycles. The molecule has 17 heavy (non-hydrogen) atoms. The van der Waals surface area contributed by atoms with Crippen molar-refractivity contribution in [2.45, 2.75) is 12.8 Å². The molecule has 90 valence electrons. The predicted molar refractivity (Wildman–Crippen MR) is 58.5 cm³/mol. The molecule has 0 unspecified atom stereocenters. The molecule has 2 aromatic rings. The average Bonchev–Trinajstić information content (AvgIpc) is 2.74. The summed E-state index contributed by atoms with van der Waals surface area (Å²) < 4.78 is 38.2. The smallest absolute Gasteiger partial charge is 0.389 e. The highest BCUT2D eigenvalue weighted by molar-refractivity contribution is 7.15. The molecule has 1 aromatic heterocycles. The van der Waals surface area contributed by atoms with Gasteiger partial charge in [0.25, 0.3) is 0 Å². The van der Waals surface area contributed by atoms with E-state index in [1.807, 2.05) is 0 Å². The Balaban J connectivity index is 2.57. The summed E-state index contributed by atoms with van der Waals surface area (Å²) in [7, 11) is 0. The number of aromatic nitrogens is 1. The van der Waals surface area contributed by atoms with Crippen molar-refractivity contribution < 1.29 is 18.3 Å². The van der Waals surface area contributed by atoms with Crippen LogP contribution < -0.4 is 0 Å². The summed E-state index contributed by atoms with van der Waals surface area (Å²) in [5.74, 6) is 0. The largest absolute Gasteiger partial charge is 0.434 e. The number of benzene rings is 1. The van der Waals surface area contributed by atoms with Gasteiger partial charge in [-0.05, 0) is 5.56 Å². The highest BCUT2D eigenvalue weighted by Crippen LogP contribution is 2.40. The summed E-state index contributed by atoms with van der Waals surface area (Å²) in [6.45, 7) is -0.486. The van der Waals surface area contributed by atoms with E-state index in [4.69, 9.17) is 5.11 Å². The standard InChI is InChI=1S/C11H8F3NOS/c12-11(13,14)10-9(17-8(6-16)15-10)7-4-2-1-3-5-7/h1-5,16H,6H2. The first-order chi connectivity index (χ1) is 8.02. The van der Waals surface area contributed by atoms with Crippen molar-refractivity contribution in [3.05, 3.63) is 41.0 Å². The maximum absolute atomic E-state index is 12.7. The average molecular weight is 259 g/mol. The molecule has 0 aliphatic carbocycles. The van der Waals surface area contributed by atoms with Gasteiger partial charge in [0, 0.05) is 0 Å². The molecule has 0 amide bonds. The van der Waals surface area contributed by atoms with Crippen molar-refractivity contribution in [1.29, 1.82) is 0 Å². The fourth-order valence-corrected chi connectivity index (χ4v) is 2.36. The third kappa shape index (κ3) is 2.48. The molecular weight excluding hydrogens is 251 g/mol. The van der Waals surface area contributed by atoms with E-state index in [0.717, 1.165) is 11.3 Å². The lowest BCUT2D eigenvalue weighted by Gasteiger charge is -2.05. The zero-order valence-electron chi connectivity index (χ0n) is 8.53. The minimum Gasteiger partial charge on any atom is -0.389 e. The molecule has 0 bridgehead atoms. The Bertz CT molecular complexity index is 507. The van der Waals surface area contributed by atoms with Gasteiger partial charge in [-0.15, -0.1) is 11.3 Å². The Morgan fingerprint density at radius 2 is 1.82 bits per heavy atom. The Morgan fingerprint density at radius 3 is 2.35 bits per heavy atom. The number of nitrogens with zero attached hydrogens (tertiary/aromatic N) is 1. The van der Waals surface area contributed by atoms with Crippen molar-refractivity contribution in [1.82, 2.24) is 4.98 Å². The van der Waals surface area contributed by atoms with Crippen LogP contribution in [0.1, 0.15) is 10.7 Å². The zero-order chi connectivity index (χ0) is 12.5. The van der Waals surface area contributed by atoms with Gasteiger partial charge in [0.05, 0.1) is 11.5 Å². The van der Waals surface area contributed by atoms with Crippen LogP contribution in [0, 0.1) is 0 Å². The van der Waals surface area contributed by atoms with Crippen LogP contribution in [0.25, 0.3) is 10.4 Å². The number of hydrogen-bond donors (Lipinski definition) is 1. The molecule has 1 heterocycles. The third-order valence-corrected chi connectivity index (χ3v) is 3.20. The summed E-state index contributed by atoms with van der Waals surface area (Å²) >= 11 is 0.858. The van der Waals surface area contributed by atoms with Crippen molar-refractivity contribution in [2.75, 3.05) is 0 Å². The van der Waals surface area contributed by atoms with Crippen LogP contribution in [-0.4, -0.2) is 10.1 Å². The van der Waals surface area contributed by atoms with Gasteiger partial charge in [0.2, 0.25) is 0 Å². The van der Waals surface area contributed by atoms with E-state index in [2.05, 4.69) is 4.98 Å². The van der Waals surface area contributed by atoms with Crippen LogP contribution in [0.2, 0.25) is 0 Å². The molecule has 0 atom stereocenters. The lowest BCUT2D eigenvalue weighted by atomic mass is 10.1. The first-order valence-corrected chi connectivity index (χ1v) is 5.57. The van der Waals surface area contributed by atoms with Gasteiger partial charge < -0.3 is 5.11 Å². The Hall–Kier alpha value is -1.40. The first kappa shape index (κ1) is 12.1. The second-order valence-corrected chi connectivity index (χ2v) is 4.39. The molecule has 2 nitrogen and oxygen atoms in total. The molecular formula is C11H8F3NOS. The highest BCUT2D eigenvalue weighted by Gasteiger charge is 2.37. The first-order valence-electron chi connectivity index (χ1n) is 4.75. The Kier molecular flexibility index (Phi) is 3.17. The van der Waals surface area contributed by atoms with Crippen LogP contribution in [0.4, 0.5) is 13.2 Å². The van der Waals surface area contributed by atoms with Gasteiger partial charge in [-0.3, -0.25) is 0 Å². The second-order valence-electron chi connectivity index (χ2n) is 3.31. The van der Waals surface area contributed by atoms with E-state index in [-0.39, 0.29) is 9.88 Å². The van der Waals surface area contributed by atoms with Gasteiger partial charge in [-0.25, -0.2) is 4.98 Å². The molecule has 2 rings (SSSR count). The number of aliphatic hydroxyl groups excluding tert-OH is 1. The fraction of sp³-hybridized carbons (Fsp3) is 0.182. The highest BCUT2D eigenvalue weighted by atomic mass is 32.1. The number of hydrogen-bond acceptors (Lipinski definition) is 3. The number of rotatable bonds is 2. The van der Waals surface area contributed by atoms with E-state index < -0.39 is 18.5 Å². The van der Waals surface area contributed by atoms with E-state index in [0.29, 0.717) is 5.56 Å². The zero-order valence-corrected chi connectivity index (χ0v) is 9.35. The second kappa shape index (κ2) is 4.46. The van der Waals surface area contributed by atoms with E-state index >= 15 is 0 Å². The van der Waals surface area contributed by atoms with Crippen molar-refractivity contribution >= 4 is 11.3 Å². The number of alkyl halides is 3. The molecule has 0 spiro atoms.